The van der Waals surface area contributed by atoms with Gasteiger partial charge in [-0.1, -0.05) is 38.8 Å². The van der Waals surface area contributed by atoms with Crippen molar-refractivity contribution in [2.45, 2.75) is 31.8 Å². The molecule has 1 aliphatic carbocycles. The van der Waals surface area contributed by atoms with E-state index in [1.54, 1.807) is 0 Å². The van der Waals surface area contributed by atoms with Crippen LogP contribution in [-0.2, 0) is 5.60 Å². The van der Waals surface area contributed by atoms with Gasteiger partial charge in [-0.05, 0) is 48.9 Å². The Morgan fingerprint density at radius 2 is 1.87 bits per heavy atom. The van der Waals surface area contributed by atoms with E-state index in [-0.39, 0.29) is 0 Å². The minimum Gasteiger partial charge on any atom is -0.385 e. The van der Waals surface area contributed by atoms with Crippen molar-refractivity contribution in [1.82, 2.24) is 0 Å². The van der Waals surface area contributed by atoms with E-state index in [1.165, 1.54) is 0 Å². The van der Waals surface area contributed by atoms with E-state index in [4.69, 9.17) is 0 Å². The fourth-order valence-electron chi connectivity index (χ4n) is 2.40. The molecule has 0 amide bonds. The van der Waals surface area contributed by atoms with Crippen molar-refractivity contribution in [2.24, 2.45) is 5.92 Å². The van der Waals surface area contributed by atoms with Crippen molar-refractivity contribution in [3.63, 3.8) is 0 Å². The fourth-order valence-corrected chi connectivity index (χ4v) is 3.69. The van der Waals surface area contributed by atoms with Crippen molar-refractivity contribution in [3.8, 4) is 0 Å². The van der Waals surface area contributed by atoms with Crippen molar-refractivity contribution < 1.29 is 5.11 Å². The number of hydrogen-bond donors (Lipinski definition) is 1. The second-order valence-electron chi connectivity index (χ2n) is 4.38. The number of hydrogen-bond acceptors (Lipinski definition) is 1. The summed E-state index contributed by atoms with van der Waals surface area (Å²) in [7, 11) is 0. The van der Waals surface area contributed by atoms with Crippen LogP contribution in [0.1, 0.15) is 31.7 Å². The Hall–Kier alpha value is 0.140. The van der Waals surface area contributed by atoms with E-state index in [9.17, 15) is 5.11 Å². The third kappa shape index (κ3) is 2.15. The molecule has 0 saturated heterocycles. The molecule has 1 fully saturated rings. The summed E-state index contributed by atoms with van der Waals surface area (Å²) in [5.41, 5.74) is 0.389. The summed E-state index contributed by atoms with van der Waals surface area (Å²) in [6.07, 6.45) is 3.10. The predicted molar refractivity (Wildman–Crippen MR) is 68.8 cm³/mol. The van der Waals surface area contributed by atoms with Crippen molar-refractivity contribution in [2.75, 3.05) is 0 Å². The molecule has 0 radical (unpaired) electrons. The van der Waals surface area contributed by atoms with Crippen LogP contribution >= 0.6 is 31.9 Å². The molecule has 0 unspecified atom stereocenters. The third-order valence-electron chi connectivity index (χ3n) is 3.37. The summed E-state index contributed by atoms with van der Waals surface area (Å²) in [6.45, 7) is 2.13. The molecule has 0 spiro atoms. The average molecular weight is 334 g/mol. The Kier molecular flexibility index (Phi) is 3.25. The van der Waals surface area contributed by atoms with Crippen LogP contribution < -0.4 is 0 Å². The lowest BCUT2D eigenvalue weighted by molar-refractivity contribution is 0.00438. The van der Waals surface area contributed by atoms with Crippen LogP contribution in [-0.4, -0.2) is 5.11 Å². The lowest BCUT2D eigenvalue weighted by atomic mass is 9.85. The van der Waals surface area contributed by atoms with E-state index in [1.807, 2.05) is 18.2 Å². The van der Waals surface area contributed by atoms with Gasteiger partial charge in [0.05, 0.1) is 5.60 Å². The second kappa shape index (κ2) is 4.19. The molecule has 0 aromatic heterocycles. The van der Waals surface area contributed by atoms with Crippen molar-refractivity contribution in [1.29, 1.82) is 0 Å². The van der Waals surface area contributed by atoms with Crippen LogP contribution in [0.15, 0.2) is 27.1 Å². The minimum absolute atomic E-state index is 0.346. The first-order chi connectivity index (χ1) is 7.02. The molecule has 1 nitrogen and oxygen atoms in total. The molecule has 2 atom stereocenters. The molecule has 82 valence electrons. The highest BCUT2D eigenvalue weighted by atomic mass is 79.9. The Balaban J connectivity index is 2.44. The lowest BCUT2D eigenvalue weighted by Gasteiger charge is -2.28. The van der Waals surface area contributed by atoms with Crippen LogP contribution in [0.5, 0.6) is 0 Å². The van der Waals surface area contributed by atoms with Crippen LogP contribution in [0.4, 0.5) is 0 Å². The maximum atomic E-state index is 10.6. The SMILES string of the molecule is C[C@@H]1CCC[C@@]1(O)c1cc(Br)cc(Br)c1. The van der Waals surface area contributed by atoms with Crippen molar-refractivity contribution >= 4 is 31.9 Å². The highest BCUT2D eigenvalue weighted by Crippen LogP contribution is 2.44. The number of benzene rings is 1. The molecule has 1 aromatic rings. The first kappa shape index (κ1) is 11.6. The molecular formula is C12H14Br2O. The van der Waals surface area contributed by atoms with Gasteiger partial charge < -0.3 is 5.11 Å². The minimum atomic E-state index is -0.633. The first-order valence-electron chi connectivity index (χ1n) is 5.21. The van der Waals surface area contributed by atoms with Crippen LogP contribution in [0.3, 0.4) is 0 Å². The van der Waals surface area contributed by atoms with Gasteiger partial charge in [0.25, 0.3) is 0 Å². The smallest absolute Gasteiger partial charge is 0.0922 e. The summed E-state index contributed by atoms with van der Waals surface area (Å²) >= 11 is 6.93. The predicted octanol–water partition coefficient (Wildman–Crippen LogP) is 4.22. The van der Waals surface area contributed by atoms with Crippen LogP contribution in [0.25, 0.3) is 0 Å². The summed E-state index contributed by atoms with van der Waals surface area (Å²) in [6, 6.07) is 6.03. The molecule has 0 heterocycles. The van der Waals surface area contributed by atoms with Gasteiger partial charge in [-0.15, -0.1) is 0 Å². The zero-order valence-corrected chi connectivity index (χ0v) is 11.8. The zero-order chi connectivity index (χ0) is 11.1. The highest BCUT2D eigenvalue weighted by Gasteiger charge is 2.39. The van der Waals surface area contributed by atoms with Gasteiger partial charge >= 0.3 is 0 Å². The summed E-state index contributed by atoms with van der Waals surface area (Å²) in [5.74, 6) is 0.346. The number of aliphatic hydroxyl groups is 1. The molecule has 0 aliphatic heterocycles. The topological polar surface area (TPSA) is 20.2 Å². The maximum absolute atomic E-state index is 10.6. The van der Waals surface area contributed by atoms with Gasteiger partial charge in [0.2, 0.25) is 0 Å². The van der Waals surface area contributed by atoms with Gasteiger partial charge in [-0.2, -0.15) is 0 Å². The molecule has 15 heavy (non-hydrogen) atoms. The quantitative estimate of drug-likeness (QED) is 0.815. The molecular weight excluding hydrogens is 320 g/mol. The monoisotopic (exact) mass is 332 g/mol. The fraction of sp³-hybridized carbons (Fsp3) is 0.500. The molecule has 1 aliphatic rings. The van der Waals surface area contributed by atoms with E-state index < -0.39 is 5.60 Å². The summed E-state index contributed by atoms with van der Waals surface area (Å²) in [4.78, 5) is 0. The largest absolute Gasteiger partial charge is 0.385 e. The van der Waals surface area contributed by atoms with Gasteiger partial charge in [0.1, 0.15) is 0 Å². The van der Waals surface area contributed by atoms with Gasteiger partial charge in [0.15, 0.2) is 0 Å². The third-order valence-corrected chi connectivity index (χ3v) is 4.29. The molecule has 1 N–H and O–H groups in total. The first-order valence-corrected chi connectivity index (χ1v) is 6.80. The summed E-state index contributed by atoms with van der Waals surface area (Å²) < 4.78 is 2.03. The van der Waals surface area contributed by atoms with Gasteiger partial charge in [-0.3, -0.25) is 0 Å². The van der Waals surface area contributed by atoms with E-state index in [0.717, 1.165) is 33.8 Å². The molecule has 2 rings (SSSR count). The Labute approximate surface area is 107 Å². The van der Waals surface area contributed by atoms with E-state index in [2.05, 4.69) is 38.8 Å². The van der Waals surface area contributed by atoms with Crippen LogP contribution in [0, 0.1) is 5.92 Å². The van der Waals surface area contributed by atoms with E-state index >= 15 is 0 Å². The molecule has 0 bridgehead atoms. The molecule has 1 saturated carbocycles. The Bertz CT molecular complexity index is 358. The maximum Gasteiger partial charge on any atom is 0.0922 e. The number of rotatable bonds is 1. The summed E-state index contributed by atoms with van der Waals surface area (Å²) in [5, 5.41) is 10.6. The number of halogens is 2. The highest BCUT2D eigenvalue weighted by molar-refractivity contribution is 9.11. The molecule has 1 aromatic carbocycles. The average Bonchev–Trinajstić information content (AvgIpc) is 2.47. The normalized spacial score (nSPS) is 30.8. The molecule has 3 heteroatoms. The van der Waals surface area contributed by atoms with Gasteiger partial charge in [0, 0.05) is 8.95 Å². The van der Waals surface area contributed by atoms with E-state index in [0.29, 0.717) is 5.92 Å². The van der Waals surface area contributed by atoms with Gasteiger partial charge in [-0.25, -0.2) is 0 Å². The lowest BCUT2D eigenvalue weighted by Crippen LogP contribution is -2.28. The standard InChI is InChI=1S/C12H14Br2O/c1-8-3-2-4-12(8,15)9-5-10(13)7-11(14)6-9/h5-8,15H,2-4H2,1H3/t8-,12+/m1/s1. The Morgan fingerprint density at radius 3 is 2.33 bits per heavy atom. The zero-order valence-electron chi connectivity index (χ0n) is 8.63. The Morgan fingerprint density at radius 1 is 1.27 bits per heavy atom. The second-order valence-corrected chi connectivity index (χ2v) is 6.21. The van der Waals surface area contributed by atoms with Crippen LogP contribution in [0.2, 0.25) is 0 Å². The van der Waals surface area contributed by atoms with Crippen molar-refractivity contribution in [3.05, 3.63) is 32.7 Å².